The number of fused-ring (bicyclic) bond motifs is 1. The highest BCUT2D eigenvalue weighted by Crippen LogP contribution is 2.22. The molecule has 2 atom stereocenters. The average Bonchev–Trinajstić information content (AvgIpc) is 2.38. The second kappa shape index (κ2) is 4.55. The largest absolute Gasteiger partial charge is 0.481 e. The van der Waals surface area contributed by atoms with Crippen LogP contribution in [0.15, 0.2) is 24.3 Å². The van der Waals surface area contributed by atoms with Crippen LogP contribution in [0.25, 0.3) is 0 Å². The Morgan fingerprint density at radius 2 is 2.18 bits per heavy atom. The molecule has 17 heavy (non-hydrogen) atoms. The number of hydrogen-bond donors (Lipinski definition) is 3. The van der Waals surface area contributed by atoms with Gasteiger partial charge in [0.1, 0.15) is 0 Å². The Bertz CT molecular complexity index is 459. The molecule has 0 radical (unpaired) electrons. The summed E-state index contributed by atoms with van der Waals surface area (Å²) in [6.45, 7) is 0. The zero-order valence-corrected chi connectivity index (χ0v) is 9.22. The van der Waals surface area contributed by atoms with Crippen molar-refractivity contribution in [3.8, 4) is 0 Å². The van der Waals surface area contributed by atoms with Crippen LogP contribution in [0.4, 0.5) is 5.69 Å². The maximum atomic E-state index is 11.9. The molecule has 1 aromatic carbocycles. The third-order valence-electron chi connectivity index (χ3n) is 2.87. The smallest absolute Gasteiger partial charge is 0.305 e. The molecular formula is C12H14N2O3. The van der Waals surface area contributed by atoms with E-state index in [9.17, 15) is 9.59 Å². The number of para-hydroxylation sites is 1. The zero-order chi connectivity index (χ0) is 12.4. The summed E-state index contributed by atoms with van der Waals surface area (Å²) >= 11 is 0. The second-order valence-corrected chi connectivity index (χ2v) is 4.16. The van der Waals surface area contributed by atoms with Gasteiger partial charge in [-0.3, -0.25) is 9.59 Å². The SMILES string of the molecule is NC1Cc2ccccc2NC(CC(=O)O)C1=O. The minimum absolute atomic E-state index is 0.247. The number of hydrogen-bond acceptors (Lipinski definition) is 4. The Hall–Kier alpha value is -1.88. The molecule has 0 fully saturated rings. The molecule has 1 aliphatic heterocycles. The van der Waals surface area contributed by atoms with E-state index >= 15 is 0 Å². The monoisotopic (exact) mass is 234 g/mol. The number of nitrogens with one attached hydrogen (secondary N) is 1. The van der Waals surface area contributed by atoms with E-state index in [1.54, 1.807) is 0 Å². The molecule has 0 bridgehead atoms. The van der Waals surface area contributed by atoms with Gasteiger partial charge in [0, 0.05) is 5.69 Å². The Morgan fingerprint density at radius 3 is 2.88 bits per heavy atom. The summed E-state index contributed by atoms with van der Waals surface area (Å²) < 4.78 is 0. The third-order valence-corrected chi connectivity index (χ3v) is 2.87. The highest BCUT2D eigenvalue weighted by atomic mass is 16.4. The summed E-state index contributed by atoms with van der Waals surface area (Å²) in [5, 5.41) is 11.7. The van der Waals surface area contributed by atoms with E-state index in [2.05, 4.69) is 5.32 Å². The van der Waals surface area contributed by atoms with Crippen molar-refractivity contribution in [1.29, 1.82) is 0 Å². The fourth-order valence-corrected chi connectivity index (χ4v) is 2.02. The molecule has 90 valence electrons. The molecule has 0 saturated carbocycles. The fourth-order valence-electron chi connectivity index (χ4n) is 2.02. The van der Waals surface area contributed by atoms with Crippen LogP contribution in [-0.4, -0.2) is 28.9 Å². The lowest BCUT2D eigenvalue weighted by atomic mass is 10.00. The molecular weight excluding hydrogens is 220 g/mol. The van der Waals surface area contributed by atoms with Crippen LogP contribution in [-0.2, 0) is 16.0 Å². The van der Waals surface area contributed by atoms with Crippen molar-refractivity contribution in [3.05, 3.63) is 29.8 Å². The summed E-state index contributed by atoms with van der Waals surface area (Å²) in [6.07, 6.45) is 0.193. The molecule has 4 N–H and O–H groups in total. The topological polar surface area (TPSA) is 92.4 Å². The average molecular weight is 234 g/mol. The zero-order valence-electron chi connectivity index (χ0n) is 9.22. The van der Waals surface area contributed by atoms with Crippen molar-refractivity contribution < 1.29 is 14.7 Å². The van der Waals surface area contributed by atoms with Gasteiger partial charge in [0.2, 0.25) is 0 Å². The summed E-state index contributed by atoms with van der Waals surface area (Å²) in [6, 6.07) is 6.04. The number of aliphatic carboxylic acids is 1. The highest BCUT2D eigenvalue weighted by molar-refractivity contribution is 5.95. The standard InChI is InChI=1S/C12H14N2O3/c13-8-5-7-3-1-2-4-9(7)14-10(12(8)17)6-11(15)16/h1-4,8,10,14H,5-6,13H2,(H,15,16). The highest BCUT2D eigenvalue weighted by Gasteiger charge is 2.30. The molecule has 1 aliphatic rings. The molecule has 1 heterocycles. The molecule has 5 nitrogen and oxygen atoms in total. The van der Waals surface area contributed by atoms with E-state index in [1.807, 2.05) is 24.3 Å². The summed E-state index contributed by atoms with van der Waals surface area (Å²) in [4.78, 5) is 22.6. The number of carboxylic acid groups (broad SMARTS) is 1. The second-order valence-electron chi connectivity index (χ2n) is 4.16. The van der Waals surface area contributed by atoms with Crippen LogP contribution in [0, 0.1) is 0 Å². The van der Waals surface area contributed by atoms with E-state index in [4.69, 9.17) is 10.8 Å². The van der Waals surface area contributed by atoms with Crippen molar-refractivity contribution in [2.45, 2.75) is 24.9 Å². The van der Waals surface area contributed by atoms with Gasteiger partial charge in [-0.05, 0) is 18.1 Å². The molecule has 5 heteroatoms. The lowest BCUT2D eigenvalue weighted by molar-refractivity contribution is -0.139. The Morgan fingerprint density at radius 1 is 1.47 bits per heavy atom. The summed E-state index contributed by atoms with van der Waals surface area (Å²) in [7, 11) is 0. The number of rotatable bonds is 2. The van der Waals surface area contributed by atoms with Crippen LogP contribution < -0.4 is 11.1 Å². The minimum atomic E-state index is -1.01. The predicted octanol–water partition coefficient (Wildman–Crippen LogP) is 0.394. The van der Waals surface area contributed by atoms with Gasteiger partial charge in [-0.15, -0.1) is 0 Å². The Labute approximate surface area is 98.6 Å². The molecule has 1 aromatic rings. The quantitative estimate of drug-likeness (QED) is 0.688. The lowest BCUT2D eigenvalue weighted by Gasteiger charge is -2.16. The van der Waals surface area contributed by atoms with Gasteiger partial charge < -0.3 is 16.2 Å². The van der Waals surface area contributed by atoms with Crippen molar-refractivity contribution in [1.82, 2.24) is 0 Å². The van der Waals surface area contributed by atoms with Crippen molar-refractivity contribution in [2.24, 2.45) is 5.73 Å². The van der Waals surface area contributed by atoms with Gasteiger partial charge in [0.15, 0.2) is 5.78 Å². The number of Topliss-reactive ketones (excluding diaryl/α,β-unsaturated/α-hetero) is 1. The molecule has 0 aromatic heterocycles. The van der Waals surface area contributed by atoms with Gasteiger partial charge in [0.25, 0.3) is 0 Å². The third kappa shape index (κ3) is 2.45. The molecule has 0 spiro atoms. The van der Waals surface area contributed by atoms with E-state index in [0.29, 0.717) is 6.42 Å². The van der Waals surface area contributed by atoms with Crippen LogP contribution in [0.3, 0.4) is 0 Å². The van der Waals surface area contributed by atoms with E-state index in [-0.39, 0.29) is 12.2 Å². The van der Waals surface area contributed by atoms with Crippen molar-refractivity contribution >= 4 is 17.4 Å². The van der Waals surface area contributed by atoms with Gasteiger partial charge in [-0.2, -0.15) is 0 Å². The normalized spacial score (nSPS) is 23.5. The molecule has 0 amide bonds. The number of anilines is 1. The maximum Gasteiger partial charge on any atom is 0.305 e. The fraction of sp³-hybridized carbons (Fsp3) is 0.333. The first-order valence-electron chi connectivity index (χ1n) is 5.43. The number of carbonyl (C=O) groups is 2. The number of carboxylic acids is 1. The maximum absolute atomic E-state index is 11.9. The first-order chi connectivity index (χ1) is 8.08. The molecule has 2 rings (SSSR count). The minimum Gasteiger partial charge on any atom is -0.481 e. The number of carbonyl (C=O) groups excluding carboxylic acids is 1. The van der Waals surface area contributed by atoms with Crippen LogP contribution in [0.5, 0.6) is 0 Å². The summed E-state index contributed by atoms with van der Waals surface area (Å²) in [5.74, 6) is -1.26. The van der Waals surface area contributed by atoms with Crippen LogP contribution in [0.1, 0.15) is 12.0 Å². The van der Waals surface area contributed by atoms with Gasteiger partial charge in [-0.25, -0.2) is 0 Å². The molecule has 0 aliphatic carbocycles. The number of ketones is 1. The van der Waals surface area contributed by atoms with E-state index < -0.39 is 18.1 Å². The number of benzene rings is 1. The first kappa shape index (κ1) is 11.6. The van der Waals surface area contributed by atoms with Gasteiger partial charge in [0.05, 0.1) is 18.5 Å². The summed E-state index contributed by atoms with van der Waals surface area (Å²) in [5.41, 5.74) is 7.51. The Kier molecular flexibility index (Phi) is 3.10. The predicted molar refractivity (Wildman–Crippen MR) is 62.8 cm³/mol. The van der Waals surface area contributed by atoms with Gasteiger partial charge >= 0.3 is 5.97 Å². The lowest BCUT2D eigenvalue weighted by Crippen LogP contribution is -2.42. The number of nitrogens with two attached hydrogens (primary N) is 1. The molecule has 2 unspecified atom stereocenters. The Balaban J connectivity index is 2.31. The first-order valence-corrected chi connectivity index (χ1v) is 5.43. The van der Waals surface area contributed by atoms with Crippen molar-refractivity contribution in [3.63, 3.8) is 0 Å². The van der Waals surface area contributed by atoms with Crippen molar-refractivity contribution in [2.75, 3.05) is 5.32 Å². The van der Waals surface area contributed by atoms with E-state index in [1.165, 1.54) is 0 Å². The van der Waals surface area contributed by atoms with Crippen LogP contribution in [0.2, 0.25) is 0 Å². The van der Waals surface area contributed by atoms with Crippen LogP contribution >= 0.6 is 0 Å². The van der Waals surface area contributed by atoms with E-state index in [0.717, 1.165) is 11.3 Å². The van der Waals surface area contributed by atoms with Gasteiger partial charge in [-0.1, -0.05) is 18.2 Å². The molecule has 0 saturated heterocycles.